The summed E-state index contributed by atoms with van der Waals surface area (Å²) in [5.74, 6) is -12.5. The van der Waals surface area contributed by atoms with Gasteiger partial charge in [0.25, 0.3) is 11.8 Å². The maximum absolute atomic E-state index is 13.4. The number of carbonyl (C=O) groups excluding carboxylic acids is 2. The van der Waals surface area contributed by atoms with Crippen LogP contribution in [0.4, 0.5) is 22.0 Å². The minimum Gasteiger partial charge on any atom is -0.288 e. The van der Waals surface area contributed by atoms with Crippen molar-refractivity contribution in [1.82, 2.24) is 10.9 Å². The van der Waals surface area contributed by atoms with Crippen LogP contribution in [0, 0.1) is 29.1 Å². The highest BCUT2D eigenvalue weighted by atomic mass is 19.2. The molecule has 2 aromatic rings. The molecule has 0 aromatic heterocycles. The highest BCUT2D eigenvalue weighted by molar-refractivity contribution is 5.97. The second-order valence-corrected chi connectivity index (χ2v) is 4.70. The molecular formula is C15H8F5N3O3. The van der Waals surface area contributed by atoms with E-state index in [-0.39, 0.29) is 17.3 Å². The molecule has 0 aliphatic rings. The SMILES string of the molecule is O=C(NO)c1ccc(C(=O)N/N=C/c2c(F)c(F)c(F)c(F)c2F)cc1. The number of hydrazone groups is 1. The topological polar surface area (TPSA) is 90.8 Å². The predicted octanol–water partition coefficient (Wildman–Crippen LogP) is 2.27. The van der Waals surface area contributed by atoms with Crippen LogP contribution >= 0.6 is 0 Å². The van der Waals surface area contributed by atoms with Crippen molar-refractivity contribution in [3.8, 4) is 0 Å². The zero-order chi connectivity index (χ0) is 19.4. The summed E-state index contributed by atoms with van der Waals surface area (Å²) in [7, 11) is 0. The summed E-state index contributed by atoms with van der Waals surface area (Å²) >= 11 is 0. The van der Waals surface area contributed by atoms with Crippen molar-refractivity contribution in [3.63, 3.8) is 0 Å². The van der Waals surface area contributed by atoms with Gasteiger partial charge < -0.3 is 0 Å². The second kappa shape index (κ2) is 7.70. The number of benzene rings is 2. The summed E-state index contributed by atoms with van der Waals surface area (Å²) in [6.07, 6.45) is 0.266. The Morgan fingerprint density at radius 1 is 0.808 bits per heavy atom. The van der Waals surface area contributed by atoms with Gasteiger partial charge in [0.1, 0.15) is 0 Å². The maximum Gasteiger partial charge on any atom is 0.274 e. The molecule has 0 fully saturated rings. The van der Waals surface area contributed by atoms with E-state index in [4.69, 9.17) is 5.21 Å². The van der Waals surface area contributed by atoms with Crippen molar-refractivity contribution < 1.29 is 36.7 Å². The highest BCUT2D eigenvalue weighted by Crippen LogP contribution is 2.21. The Labute approximate surface area is 141 Å². The molecule has 6 nitrogen and oxygen atoms in total. The lowest BCUT2D eigenvalue weighted by Crippen LogP contribution is -2.20. The van der Waals surface area contributed by atoms with Gasteiger partial charge in [0, 0.05) is 11.1 Å². The summed E-state index contributed by atoms with van der Waals surface area (Å²) in [4.78, 5) is 22.9. The number of hydroxylamine groups is 1. The molecule has 2 aromatic carbocycles. The Kier molecular flexibility index (Phi) is 5.62. The number of hydrogen-bond donors (Lipinski definition) is 3. The van der Waals surface area contributed by atoms with Gasteiger partial charge in [-0.2, -0.15) is 5.10 Å². The number of amides is 2. The van der Waals surface area contributed by atoms with Gasteiger partial charge in [0.15, 0.2) is 23.3 Å². The average Bonchev–Trinajstić information content (AvgIpc) is 2.66. The molecule has 2 amide bonds. The fourth-order valence-corrected chi connectivity index (χ4v) is 1.79. The van der Waals surface area contributed by atoms with Gasteiger partial charge in [-0.3, -0.25) is 14.8 Å². The smallest absolute Gasteiger partial charge is 0.274 e. The minimum absolute atomic E-state index is 0.0333. The lowest BCUT2D eigenvalue weighted by molar-refractivity contribution is 0.0706. The first kappa shape index (κ1) is 19.0. The molecule has 0 heterocycles. The molecule has 3 N–H and O–H groups in total. The third-order valence-electron chi connectivity index (χ3n) is 3.11. The summed E-state index contributed by atoms with van der Waals surface area (Å²) < 4.78 is 65.8. The molecular weight excluding hydrogens is 365 g/mol. The second-order valence-electron chi connectivity index (χ2n) is 4.70. The van der Waals surface area contributed by atoms with E-state index >= 15 is 0 Å². The van der Waals surface area contributed by atoms with Crippen molar-refractivity contribution in [3.05, 3.63) is 70.0 Å². The maximum atomic E-state index is 13.4. The summed E-state index contributed by atoms with van der Waals surface area (Å²) in [6, 6.07) is 4.73. The molecule has 0 bridgehead atoms. The largest absolute Gasteiger partial charge is 0.288 e. The number of rotatable bonds is 4. The first-order valence-corrected chi connectivity index (χ1v) is 6.67. The van der Waals surface area contributed by atoms with Crippen molar-refractivity contribution in [2.75, 3.05) is 0 Å². The van der Waals surface area contributed by atoms with Crippen LogP contribution in [0.5, 0.6) is 0 Å². The zero-order valence-corrected chi connectivity index (χ0v) is 12.5. The monoisotopic (exact) mass is 373 g/mol. The Bertz CT molecular complexity index is 871. The average molecular weight is 373 g/mol. The van der Waals surface area contributed by atoms with Crippen molar-refractivity contribution in [2.24, 2.45) is 5.10 Å². The van der Waals surface area contributed by atoms with E-state index in [1.54, 1.807) is 0 Å². The first-order valence-electron chi connectivity index (χ1n) is 6.67. The van der Waals surface area contributed by atoms with E-state index in [0.29, 0.717) is 0 Å². The molecule has 0 saturated carbocycles. The van der Waals surface area contributed by atoms with Gasteiger partial charge in [-0.15, -0.1) is 0 Å². The fourth-order valence-electron chi connectivity index (χ4n) is 1.79. The van der Waals surface area contributed by atoms with E-state index in [1.807, 2.05) is 5.43 Å². The molecule has 0 radical (unpaired) electrons. The Hall–Kier alpha value is -3.34. The van der Waals surface area contributed by atoms with Gasteiger partial charge in [0.2, 0.25) is 5.82 Å². The third kappa shape index (κ3) is 3.67. The van der Waals surface area contributed by atoms with E-state index < -0.39 is 46.5 Å². The van der Waals surface area contributed by atoms with Gasteiger partial charge in [-0.25, -0.2) is 32.9 Å². The molecule has 2 rings (SSSR count). The van der Waals surface area contributed by atoms with Gasteiger partial charge in [0.05, 0.1) is 11.8 Å². The number of nitrogens with one attached hydrogen (secondary N) is 2. The molecule has 26 heavy (non-hydrogen) atoms. The number of carbonyl (C=O) groups is 2. The molecule has 0 unspecified atom stereocenters. The van der Waals surface area contributed by atoms with Gasteiger partial charge in [-0.05, 0) is 24.3 Å². The van der Waals surface area contributed by atoms with Gasteiger partial charge >= 0.3 is 0 Å². The van der Waals surface area contributed by atoms with Gasteiger partial charge in [-0.1, -0.05) is 0 Å². The van der Waals surface area contributed by atoms with Crippen LogP contribution in [0.2, 0.25) is 0 Å². The highest BCUT2D eigenvalue weighted by Gasteiger charge is 2.24. The standard InChI is InChI=1S/C15H8F5N3O3/c16-9-8(10(17)12(19)13(20)11(9)18)5-21-22-14(24)6-1-3-7(4-2-6)15(25)23-26/h1-5,26H,(H,22,24)(H,23,25)/b21-5+. The van der Waals surface area contributed by atoms with Crippen LogP contribution in [0.15, 0.2) is 29.4 Å². The van der Waals surface area contributed by atoms with Crippen molar-refractivity contribution in [1.29, 1.82) is 0 Å². The third-order valence-corrected chi connectivity index (χ3v) is 3.11. The summed E-state index contributed by atoms with van der Waals surface area (Å²) in [5, 5.41) is 11.6. The molecule has 136 valence electrons. The van der Waals surface area contributed by atoms with E-state index in [1.165, 1.54) is 29.7 Å². The quantitative estimate of drug-likeness (QED) is 0.192. The lowest BCUT2D eigenvalue weighted by atomic mass is 10.1. The molecule has 0 aliphatic heterocycles. The number of halogens is 5. The van der Waals surface area contributed by atoms with E-state index in [9.17, 15) is 31.5 Å². The van der Waals surface area contributed by atoms with E-state index in [0.717, 1.165) is 0 Å². The molecule has 0 spiro atoms. The van der Waals surface area contributed by atoms with Crippen molar-refractivity contribution >= 4 is 18.0 Å². The Morgan fingerprint density at radius 3 is 1.69 bits per heavy atom. The molecule has 11 heteroatoms. The molecule has 0 saturated heterocycles. The van der Waals surface area contributed by atoms with Crippen LogP contribution in [0.1, 0.15) is 26.3 Å². The van der Waals surface area contributed by atoms with Crippen molar-refractivity contribution in [2.45, 2.75) is 0 Å². The lowest BCUT2D eigenvalue weighted by Gasteiger charge is -2.04. The normalized spacial score (nSPS) is 10.8. The summed E-state index contributed by atoms with van der Waals surface area (Å²) in [5.41, 5.74) is 1.89. The Balaban J connectivity index is 2.16. The first-order chi connectivity index (χ1) is 12.3. The fraction of sp³-hybridized carbons (Fsp3) is 0. The van der Waals surface area contributed by atoms with Crippen LogP contribution < -0.4 is 10.9 Å². The van der Waals surface area contributed by atoms with Crippen LogP contribution in [0.3, 0.4) is 0 Å². The van der Waals surface area contributed by atoms with Crippen LogP contribution in [-0.4, -0.2) is 23.2 Å². The zero-order valence-electron chi connectivity index (χ0n) is 12.5. The summed E-state index contributed by atoms with van der Waals surface area (Å²) in [6.45, 7) is 0. The molecule has 0 aliphatic carbocycles. The predicted molar refractivity (Wildman–Crippen MR) is 77.0 cm³/mol. The number of hydrogen-bond acceptors (Lipinski definition) is 4. The minimum atomic E-state index is -2.31. The molecule has 0 atom stereocenters. The van der Waals surface area contributed by atoms with E-state index in [2.05, 4.69) is 5.10 Å². The Morgan fingerprint density at radius 2 is 1.23 bits per heavy atom. The van der Waals surface area contributed by atoms with Crippen LogP contribution in [0.25, 0.3) is 0 Å². The van der Waals surface area contributed by atoms with Crippen LogP contribution in [-0.2, 0) is 0 Å². The number of nitrogens with zero attached hydrogens (tertiary/aromatic N) is 1.